The molecule has 0 saturated carbocycles. The van der Waals surface area contributed by atoms with E-state index in [1.165, 1.54) is 0 Å². The van der Waals surface area contributed by atoms with Gasteiger partial charge in [0.05, 0.1) is 16.7 Å². The molecule has 0 unspecified atom stereocenters. The van der Waals surface area contributed by atoms with Gasteiger partial charge in [0, 0.05) is 19.8 Å². The van der Waals surface area contributed by atoms with Crippen molar-refractivity contribution in [3.63, 3.8) is 0 Å². The van der Waals surface area contributed by atoms with E-state index in [0.29, 0.717) is 21.3 Å². The van der Waals surface area contributed by atoms with Crippen molar-refractivity contribution < 1.29 is 4.79 Å². The van der Waals surface area contributed by atoms with E-state index in [-0.39, 0.29) is 5.91 Å². The van der Waals surface area contributed by atoms with E-state index in [1.54, 1.807) is 18.1 Å². The van der Waals surface area contributed by atoms with Gasteiger partial charge in [0.15, 0.2) is 5.69 Å². The van der Waals surface area contributed by atoms with E-state index in [0.717, 1.165) is 12.2 Å². The quantitative estimate of drug-likeness (QED) is 0.871. The van der Waals surface area contributed by atoms with Crippen LogP contribution in [0.2, 0.25) is 0 Å². The molecule has 102 valence electrons. The Morgan fingerprint density at radius 3 is 2.84 bits per heavy atom. The van der Waals surface area contributed by atoms with E-state index in [1.807, 2.05) is 17.7 Å². The number of hydrogen-bond donors (Lipinski definition) is 1. The largest absolute Gasteiger partial charge is 0.334 e. The van der Waals surface area contributed by atoms with Crippen LogP contribution in [0.4, 0.5) is 0 Å². The Hall–Kier alpha value is -1.15. The standard InChI is InChI=1S/C11H13Br2N5O/c1-3-18-7(4-5-14-18)6-17(2)11(19)9-8(12)10(13)16-15-9/h4-5H,3,6H2,1-2H3,(H,15,16). The summed E-state index contributed by atoms with van der Waals surface area (Å²) in [7, 11) is 1.74. The third kappa shape index (κ3) is 2.89. The molecule has 6 nitrogen and oxygen atoms in total. The minimum absolute atomic E-state index is 0.155. The predicted molar refractivity (Wildman–Crippen MR) is 77.7 cm³/mol. The van der Waals surface area contributed by atoms with Crippen molar-refractivity contribution in [3.8, 4) is 0 Å². The van der Waals surface area contributed by atoms with Crippen molar-refractivity contribution in [1.29, 1.82) is 0 Å². The topological polar surface area (TPSA) is 66.8 Å². The van der Waals surface area contributed by atoms with E-state index in [2.05, 4.69) is 47.2 Å². The summed E-state index contributed by atoms with van der Waals surface area (Å²) in [6, 6.07) is 1.91. The first-order valence-corrected chi connectivity index (χ1v) is 7.28. The molecule has 2 aromatic heterocycles. The van der Waals surface area contributed by atoms with Crippen LogP contribution in [0.25, 0.3) is 0 Å². The number of carbonyl (C=O) groups is 1. The van der Waals surface area contributed by atoms with Gasteiger partial charge in [-0.15, -0.1) is 0 Å². The summed E-state index contributed by atoms with van der Waals surface area (Å²) in [6.45, 7) is 3.28. The molecule has 0 aliphatic carbocycles. The monoisotopic (exact) mass is 389 g/mol. The van der Waals surface area contributed by atoms with Gasteiger partial charge >= 0.3 is 0 Å². The summed E-state index contributed by atoms with van der Waals surface area (Å²) in [5.41, 5.74) is 1.35. The molecule has 0 aromatic carbocycles. The highest BCUT2D eigenvalue weighted by molar-refractivity contribution is 9.13. The first-order valence-electron chi connectivity index (χ1n) is 5.70. The molecular weight excluding hydrogens is 378 g/mol. The van der Waals surface area contributed by atoms with Gasteiger partial charge in [0.2, 0.25) is 0 Å². The first kappa shape index (κ1) is 14.3. The number of rotatable bonds is 4. The number of aromatic amines is 1. The van der Waals surface area contributed by atoms with Crippen LogP contribution in [-0.4, -0.2) is 37.8 Å². The van der Waals surface area contributed by atoms with E-state index >= 15 is 0 Å². The predicted octanol–water partition coefficient (Wildman–Crippen LogP) is 2.42. The molecule has 1 N–H and O–H groups in total. The zero-order valence-electron chi connectivity index (χ0n) is 10.5. The molecule has 8 heteroatoms. The molecule has 0 saturated heterocycles. The number of nitrogens with zero attached hydrogens (tertiary/aromatic N) is 4. The smallest absolute Gasteiger partial charge is 0.275 e. The Balaban J connectivity index is 2.14. The maximum atomic E-state index is 12.3. The van der Waals surface area contributed by atoms with Crippen LogP contribution in [0.5, 0.6) is 0 Å². The maximum absolute atomic E-state index is 12.3. The number of hydrogen-bond acceptors (Lipinski definition) is 3. The molecule has 0 aliphatic rings. The van der Waals surface area contributed by atoms with Crippen LogP contribution in [-0.2, 0) is 13.1 Å². The first-order chi connectivity index (χ1) is 9.04. The van der Waals surface area contributed by atoms with Gasteiger partial charge in [-0.05, 0) is 44.8 Å². The lowest BCUT2D eigenvalue weighted by atomic mass is 10.3. The zero-order valence-corrected chi connectivity index (χ0v) is 13.7. The SMILES string of the molecule is CCn1nccc1CN(C)C(=O)c1n[nH]c(Br)c1Br. The number of nitrogens with one attached hydrogen (secondary N) is 1. The van der Waals surface area contributed by atoms with Gasteiger partial charge in [-0.3, -0.25) is 14.6 Å². The van der Waals surface area contributed by atoms with Crippen LogP contribution in [0.3, 0.4) is 0 Å². The third-order valence-corrected chi connectivity index (χ3v) is 4.60. The molecular formula is C11H13Br2N5O. The molecule has 0 spiro atoms. The Morgan fingerprint density at radius 1 is 1.53 bits per heavy atom. The average Bonchev–Trinajstić information content (AvgIpc) is 2.97. The zero-order chi connectivity index (χ0) is 14.0. The Labute approximate surface area is 127 Å². The fourth-order valence-electron chi connectivity index (χ4n) is 1.72. The molecule has 1 amide bonds. The highest BCUT2D eigenvalue weighted by atomic mass is 79.9. The second-order valence-electron chi connectivity index (χ2n) is 4.00. The van der Waals surface area contributed by atoms with Crippen LogP contribution in [0, 0.1) is 0 Å². The molecule has 0 bridgehead atoms. The molecule has 0 radical (unpaired) electrons. The van der Waals surface area contributed by atoms with E-state index in [9.17, 15) is 4.79 Å². The lowest BCUT2D eigenvalue weighted by molar-refractivity contribution is 0.0775. The molecule has 0 fully saturated rings. The van der Waals surface area contributed by atoms with Crippen LogP contribution >= 0.6 is 31.9 Å². The lowest BCUT2D eigenvalue weighted by Crippen LogP contribution is -2.28. The molecule has 2 aromatic rings. The van der Waals surface area contributed by atoms with Crippen LogP contribution in [0.1, 0.15) is 23.1 Å². The van der Waals surface area contributed by atoms with Gasteiger partial charge in [-0.1, -0.05) is 0 Å². The average molecular weight is 391 g/mol. The van der Waals surface area contributed by atoms with Gasteiger partial charge in [-0.2, -0.15) is 10.2 Å². The fraction of sp³-hybridized carbons (Fsp3) is 0.364. The van der Waals surface area contributed by atoms with Crippen LogP contribution < -0.4 is 0 Å². The van der Waals surface area contributed by atoms with Gasteiger partial charge in [0.1, 0.15) is 4.60 Å². The fourth-order valence-corrected chi connectivity index (χ4v) is 2.35. The number of aromatic nitrogens is 4. The molecule has 0 aliphatic heterocycles. The summed E-state index contributed by atoms with van der Waals surface area (Å²) in [6.07, 6.45) is 1.73. The molecule has 0 atom stereocenters. The van der Waals surface area contributed by atoms with Gasteiger partial charge in [-0.25, -0.2) is 0 Å². The second kappa shape index (κ2) is 5.87. The number of amides is 1. The van der Waals surface area contributed by atoms with E-state index < -0.39 is 0 Å². The highest BCUT2D eigenvalue weighted by Gasteiger charge is 2.20. The number of aryl methyl sites for hydroxylation is 1. The summed E-state index contributed by atoms with van der Waals surface area (Å²) in [5, 5.41) is 10.9. The Kier molecular flexibility index (Phi) is 4.41. The van der Waals surface area contributed by atoms with Crippen molar-refractivity contribution in [3.05, 3.63) is 32.7 Å². The van der Waals surface area contributed by atoms with Crippen molar-refractivity contribution in [1.82, 2.24) is 24.9 Å². The summed E-state index contributed by atoms with van der Waals surface area (Å²) < 4.78 is 3.15. The summed E-state index contributed by atoms with van der Waals surface area (Å²) in [5.74, 6) is -0.155. The summed E-state index contributed by atoms with van der Waals surface area (Å²) >= 11 is 6.59. The number of carbonyl (C=O) groups excluding carboxylic acids is 1. The number of H-pyrrole nitrogens is 1. The third-order valence-electron chi connectivity index (χ3n) is 2.72. The van der Waals surface area contributed by atoms with Gasteiger partial charge < -0.3 is 4.90 Å². The highest BCUT2D eigenvalue weighted by Crippen LogP contribution is 2.24. The van der Waals surface area contributed by atoms with Gasteiger partial charge in [0.25, 0.3) is 5.91 Å². The second-order valence-corrected chi connectivity index (χ2v) is 5.59. The van der Waals surface area contributed by atoms with Crippen molar-refractivity contribution >= 4 is 37.8 Å². The number of halogens is 2. The van der Waals surface area contributed by atoms with Crippen molar-refractivity contribution in [2.24, 2.45) is 0 Å². The van der Waals surface area contributed by atoms with Crippen LogP contribution in [0.15, 0.2) is 21.3 Å². The minimum Gasteiger partial charge on any atom is -0.334 e. The lowest BCUT2D eigenvalue weighted by Gasteiger charge is -2.16. The molecule has 2 heterocycles. The maximum Gasteiger partial charge on any atom is 0.275 e. The normalized spacial score (nSPS) is 10.7. The molecule has 19 heavy (non-hydrogen) atoms. The molecule has 2 rings (SSSR count). The van der Waals surface area contributed by atoms with Crippen molar-refractivity contribution in [2.45, 2.75) is 20.0 Å². The van der Waals surface area contributed by atoms with E-state index in [4.69, 9.17) is 0 Å². The van der Waals surface area contributed by atoms with Crippen molar-refractivity contribution in [2.75, 3.05) is 7.05 Å². The summed E-state index contributed by atoms with van der Waals surface area (Å²) in [4.78, 5) is 13.9. The minimum atomic E-state index is -0.155. The Bertz CT molecular complexity index is 592. The Morgan fingerprint density at radius 2 is 2.26 bits per heavy atom.